The molecule has 2 aliphatic carbocycles. The first-order chi connectivity index (χ1) is 7.25. The van der Waals surface area contributed by atoms with Crippen molar-refractivity contribution in [2.45, 2.75) is 37.5 Å². The summed E-state index contributed by atoms with van der Waals surface area (Å²) in [5.74, 6) is 0.985. The topological polar surface area (TPSA) is 9.23 Å². The number of halogens is 1. The quantitative estimate of drug-likeness (QED) is 0.751. The fraction of sp³-hybridized carbons (Fsp3) is 0.538. The van der Waals surface area contributed by atoms with E-state index in [2.05, 4.69) is 28.1 Å². The van der Waals surface area contributed by atoms with Crippen LogP contribution in [-0.4, -0.2) is 7.11 Å². The number of hydrogen-bond donors (Lipinski definition) is 0. The first kappa shape index (κ1) is 9.71. The molecule has 1 saturated carbocycles. The highest BCUT2D eigenvalue weighted by molar-refractivity contribution is 9.10. The third-order valence-electron chi connectivity index (χ3n) is 3.87. The lowest BCUT2D eigenvalue weighted by Crippen LogP contribution is -2.16. The van der Waals surface area contributed by atoms with Crippen molar-refractivity contribution in [1.29, 1.82) is 0 Å². The van der Waals surface area contributed by atoms with Crippen molar-refractivity contribution in [2.24, 2.45) is 0 Å². The Bertz CT molecular complexity index is 407. The molecule has 1 spiro atoms. The number of fused-ring (bicyclic) bond motifs is 2. The molecule has 1 fully saturated rings. The molecule has 0 heterocycles. The van der Waals surface area contributed by atoms with E-state index in [1.54, 1.807) is 12.7 Å². The average Bonchev–Trinajstić information content (AvgIpc) is 2.98. The van der Waals surface area contributed by atoms with Gasteiger partial charge in [0.2, 0.25) is 0 Å². The lowest BCUT2D eigenvalue weighted by molar-refractivity contribution is 0.412. The van der Waals surface area contributed by atoms with Gasteiger partial charge in [0.15, 0.2) is 0 Å². The van der Waals surface area contributed by atoms with Crippen LogP contribution in [0.4, 0.5) is 0 Å². The van der Waals surface area contributed by atoms with Gasteiger partial charge in [0.1, 0.15) is 5.75 Å². The van der Waals surface area contributed by atoms with E-state index in [-0.39, 0.29) is 0 Å². The van der Waals surface area contributed by atoms with Gasteiger partial charge in [0.05, 0.1) is 7.11 Å². The minimum absolute atomic E-state index is 0.540. The van der Waals surface area contributed by atoms with Crippen molar-refractivity contribution >= 4 is 15.9 Å². The van der Waals surface area contributed by atoms with E-state index in [4.69, 9.17) is 4.74 Å². The monoisotopic (exact) mass is 266 g/mol. The van der Waals surface area contributed by atoms with Gasteiger partial charge in [-0.3, -0.25) is 0 Å². The van der Waals surface area contributed by atoms with Crippen molar-refractivity contribution in [3.8, 4) is 5.75 Å². The molecule has 0 saturated heterocycles. The minimum atomic E-state index is 0.540. The second kappa shape index (κ2) is 3.24. The van der Waals surface area contributed by atoms with E-state index in [1.165, 1.54) is 42.1 Å². The van der Waals surface area contributed by atoms with E-state index < -0.39 is 0 Å². The van der Waals surface area contributed by atoms with Gasteiger partial charge in [-0.1, -0.05) is 15.9 Å². The third-order valence-corrected chi connectivity index (χ3v) is 4.49. The van der Waals surface area contributed by atoms with Crippen molar-refractivity contribution < 1.29 is 4.74 Å². The van der Waals surface area contributed by atoms with Crippen LogP contribution in [0.25, 0.3) is 0 Å². The van der Waals surface area contributed by atoms with Crippen LogP contribution in [0.1, 0.15) is 36.8 Å². The SMILES string of the molecule is COc1cc(Br)c2c(c1)CCCC21CC1. The van der Waals surface area contributed by atoms with Gasteiger partial charge < -0.3 is 4.74 Å². The molecule has 3 rings (SSSR count). The number of hydrogen-bond acceptors (Lipinski definition) is 1. The van der Waals surface area contributed by atoms with Crippen LogP contribution < -0.4 is 4.74 Å². The maximum Gasteiger partial charge on any atom is 0.120 e. The molecule has 0 radical (unpaired) electrons. The highest BCUT2D eigenvalue weighted by Gasteiger charge is 2.47. The predicted octanol–water partition coefficient (Wildman–Crippen LogP) is 3.83. The summed E-state index contributed by atoms with van der Waals surface area (Å²) in [4.78, 5) is 0. The van der Waals surface area contributed by atoms with E-state index >= 15 is 0 Å². The summed E-state index contributed by atoms with van der Waals surface area (Å²) in [5.41, 5.74) is 3.62. The zero-order chi connectivity index (χ0) is 10.5. The van der Waals surface area contributed by atoms with Gasteiger partial charge in [0, 0.05) is 4.47 Å². The zero-order valence-electron chi connectivity index (χ0n) is 8.98. The zero-order valence-corrected chi connectivity index (χ0v) is 10.6. The number of rotatable bonds is 1. The van der Waals surface area contributed by atoms with Crippen LogP contribution in [0.2, 0.25) is 0 Å². The van der Waals surface area contributed by atoms with Gasteiger partial charge in [0.25, 0.3) is 0 Å². The predicted molar refractivity (Wildman–Crippen MR) is 64.5 cm³/mol. The molecule has 1 aromatic carbocycles. The van der Waals surface area contributed by atoms with Crippen LogP contribution in [0.15, 0.2) is 16.6 Å². The van der Waals surface area contributed by atoms with Crippen LogP contribution in [0, 0.1) is 0 Å². The maximum atomic E-state index is 5.32. The number of aryl methyl sites for hydroxylation is 1. The molecule has 1 nitrogen and oxygen atoms in total. The molecular formula is C13H15BrO. The fourth-order valence-corrected chi connectivity index (χ4v) is 3.84. The number of methoxy groups -OCH3 is 1. The van der Waals surface area contributed by atoms with Crippen LogP contribution in [0.3, 0.4) is 0 Å². The molecule has 0 aromatic heterocycles. The maximum absolute atomic E-state index is 5.32. The molecule has 15 heavy (non-hydrogen) atoms. The van der Waals surface area contributed by atoms with Gasteiger partial charge in [-0.05, 0) is 60.8 Å². The van der Waals surface area contributed by atoms with Crippen molar-refractivity contribution in [1.82, 2.24) is 0 Å². The largest absolute Gasteiger partial charge is 0.497 e. The minimum Gasteiger partial charge on any atom is -0.497 e. The molecule has 0 bridgehead atoms. The summed E-state index contributed by atoms with van der Waals surface area (Å²) in [6, 6.07) is 4.34. The molecule has 2 aliphatic rings. The standard InChI is InChI=1S/C13H15BrO/c1-15-10-7-9-3-2-4-13(5-6-13)12(9)11(14)8-10/h7-8H,2-6H2,1H3. The lowest BCUT2D eigenvalue weighted by atomic mass is 9.80. The van der Waals surface area contributed by atoms with Crippen molar-refractivity contribution in [3.05, 3.63) is 27.7 Å². The summed E-state index contributed by atoms with van der Waals surface area (Å²) in [6.07, 6.45) is 6.69. The summed E-state index contributed by atoms with van der Waals surface area (Å²) in [5, 5.41) is 0. The summed E-state index contributed by atoms with van der Waals surface area (Å²) in [7, 11) is 1.74. The molecule has 0 amide bonds. The van der Waals surface area contributed by atoms with Gasteiger partial charge in [-0.15, -0.1) is 0 Å². The average molecular weight is 267 g/mol. The van der Waals surface area contributed by atoms with Crippen LogP contribution in [-0.2, 0) is 11.8 Å². The highest BCUT2D eigenvalue weighted by Crippen LogP contribution is 2.57. The van der Waals surface area contributed by atoms with Crippen molar-refractivity contribution in [3.63, 3.8) is 0 Å². The summed E-state index contributed by atoms with van der Waals surface area (Å²) < 4.78 is 6.58. The smallest absolute Gasteiger partial charge is 0.120 e. The Morgan fingerprint density at radius 3 is 2.73 bits per heavy atom. The van der Waals surface area contributed by atoms with E-state index in [0.717, 1.165) is 5.75 Å². The molecule has 0 N–H and O–H groups in total. The molecule has 0 atom stereocenters. The Kier molecular flexibility index (Phi) is 2.10. The van der Waals surface area contributed by atoms with E-state index in [0.29, 0.717) is 5.41 Å². The molecular weight excluding hydrogens is 252 g/mol. The Labute approximate surface area is 99.0 Å². The molecule has 0 aliphatic heterocycles. The Morgan fingerprint density at radius 2 is 2.07 bits per heavy atom. The van der Waals surface area contributed by atoms with Crippen molar-refractivity contribution in [2.75, 3.05) is 7.11 Å². The lowest BCUT2D eigenvalue weighted by Gasteiger charge is -2.27. The van der Waals surface area contributed by atoms with Gasteiger partial charge >= 0.3 is 0 Å². The normalized spacial score (nSPS) is 21.2. The highest BCUT2D eigenvalue weighted by atomic mass is 79.9. The number of benzene rings is 1. The van der Waals surface area contributed by atoms with E-state index in [9.17, 15) is 0 Å². The summed E-state index contributed by atoms with van der Waals surface area (Å²) >= 11 is 3.71. The van der Waals surface area contributed by atoms with Crippen LogP contribution in [0.5, 0.6) is 5.75 Å². The Balaban J connectivity index is 2.16. The van der Waals surface area contributed by atoms with Gasteiger partial charge in [-0.2, -0.15) is 0 Å². The molecule has 80 valence electrons. The van der Waals surface area contributed by atoms with E-state index in [1.807, 2.05) is 0 Å². The first-order valence-electron chi connectivity index (χ1n) is 5.62. The Morgan fingerprint density at radius 1 is 1.27 bits per heavy atom. The summed E-state index contributed by atoms with van der Waals surface area (Å²) in [6.45, 7) is 0. The fourth-order valence-electron chi connectivity index (χ4n) is 2.94. The molecule has 1 aromatic rings. The molecule has 0 unspecified atom stereocenters. The van der Waals surface area contributed by atoms with Gasteiger partial charge in [-0.25, -0.2) is 0 Å². The Hall–Kier alpha value is -0.500. The number of ether oxygens (including phenoxy) is 1. The first-order valence-corrected chi connectivity index (χ1v) is 6.41. The third kappa shape index (κ3) is 1.42. The second-order valence-electron chi connectivity index (χ2n) is 4.78. The molecule has 2 heteroatoms. The van der Waals surface area contributed by atoms with Crippen LogP contribution >= 0.6 is 15.9 Å². The second-order valence-corrected chi connectivity index (χ2v) is 5.63.